The Morgan fingerprint density at radius 2 is 2.04 bits per heavy atom. The normalized spacial score (nSPS) is 11.5. The second kappa shape index (κ2) is 6.92. The number of amides is 1. The molecule has 0 aliphatic carbocycles. The summed E-state index contributed by atoms with van der Waals surface area (Å²) in [4.78, 5) is 12.5. The Morgan fingerprint density at radius 1 is 1.31 bits per heavy atom. The third-order valence-corrected chi connectivity index (χ3v) is 5.08. The van der Waals surface area contributed by atoms with Gasteiger partial charge in [-0.1, -0.05) is 11.3 Å². The molecule has 2 N–H and O–H groups in total. The van der Waals surface area contributed by atoms with Crippen LogP contribution in [0.1, 0.15) is 27.5 Å². The van der Waals surface area contributed by atoms with Gasteiger partial charge < -0.3 is 8.98 Å². The number of rotatable bonds is 6. The molecule has 3 aromatic rings. The van der Waals surface area contributed by atoms with E-state index in [2.05, 4.69) is 20.2 Å². The molecule has 0 aromatic carbocycles. The van der Waals surface area contributed by atoms with Crippen LogP contribution in [0.3, 0.4) is 0 Å². The number of nitrogens with zero attached hydrogens (tertiary/aromatic N) is 3. The van der Waals surface area contributed by atoms with Crippen LogP contribution in [-0.2, 0) is 16.6 Å². The van der Waals surface area contributed by atoms with Crippen LogP contribution in [-0.4, -0.2) is 35.3 Å². The predicted octanol–water partition coefficient (Wildman–Crippen LogP) is 2.22. The summed E-state index contributed by atoms with van der Waals surface area (Å²) in [6.07, 6.45) is 2.62. The van der Waals surface area contributed by atoms with Crippen LogP contribution in [0.25, 0.3) is 0 Å². The maximum atomic E-state index is 12.5. The molecule has 0 fully saturated rings. The number of carbonyl (C=O) groups excluding carboxylic acids is 1. The third-order valence-electron chi connectivity index (χ3n) is 3.63. The van der Waals surface area contributed by atoms with Gasteiger partial charge in [0.25, 0.3) is 5.91 Å². The highest BCUT2D eigenvalue weighted by atomic mass is 32.2. The third kappa shape index (κ3) is 4.11. The van der Waals surface area contributed by atoms with Gasteiger partial charge in [0.2, 0.25) is 20.3 Å². The van der Waals surface area contributed by atoms with Crippen molar-refractivity contribution in [1.29, 1.82) is 0 Å². The fourth-order valence-corrected chi connectivity index (χ4v) is 3.94. The summed E-state index contributed by atoms with van der Waals surface area (Å²) in [5, 5.41) is 10.4. The summed E-state index contributed by atoms with van der Waals surface area (Å²) in [6, 6.07) is 5.47. The Bertz CT molecular complexity index is 1030. The van der Waals surface area contributed by atoms with Gasteiger partial charge in [0.15, 0.2) is 0 Å². The molecule has 1 amide bonds. The van der Waals surface area contributed by atoms with E-state index in [9.17, 15) is 13.2 Å². The number of carbonyl (C=O) groups is 1. The molecule has 11 heteroatoms. The summed E-state index contributed by atoms with van der Waals surface area (Å²) >= 11 is 0.937. The van der Waals surface area contributed by atoms with Crippen molar-refractivity contribution in [3.8, 4) is 0 Å². The van der Waals surface area contributed by atoms with E-state index in [0.29, 0.717) is 12.1 Å². The summed E-state index contributed by atoms with van der Waals surface area (Å²) in [6.45, 7) is 4.28. The first kappa shape index (κ1) is 18.1. The molecule has 138 valence electrons. The van der Waals surface area contributed by atoms with Gasteiger partial charge in [-0.05, 0) is 32.0 Å². The highest BCUT2D eigenvalue weighted by Gasteiger charge is 2.18. The molecule has 0 unspecified atom stereocenters. The lowest BCUT2D eigenvalue weighted by Crippen LogP contribution is -2.13. The molecule has 3 rings (SSSR count). The first-order valence-electron chi connectivity index (χ1n) is 7.54. The standard InChI is InChI=1S/C15H17N5O4S2/c1-9-7-12(10(2)20(9)8-11-5-4-6-24-11)13(21)16-14-17-18-15(25-14)19-26(3,22)23/h4-7H,8H2,1-3H3,(H,18,19)(H,16,17,21). The number of hydrogen-bond donors (Lipinski definition) is 2. The van der Waals surface area contributed by atoms with E-state index in [1.807, 2.05) is 30.5 Å². The highest BCUT2D eigenvalue weighted by molar-refractivity contribution is 7.92. The van der Waals surface area contributed by atoms with Crippen LogP contribution < -0.4 is 10.0 Å². The Labute approximate surface area is 154 Å². The van der Waals surface area contributed by atoms with Crippen molar-refractivity contribution in [2.24, 2.45) is 0 Å². The fourth-order valence-electron chi connectivity index (χ4n) is 2.47. The Hall–Kier alpha value is -2.66. The lowest BCUT2D eigenvalue weighted by Gasteiger charge is -2.07. The number of hydrogen-bond acceptors (Lipinski definition) is 7. The maximum absolute atomic E-state index is 12.5. The number of nitrogens with one attached hydrogen (secondary N) is 2. The van der Waals surface area contributed by atoms with Gasteiger partial charge in [-0.3, -0.25) is 14.8 Å². The lowest BCUT2D eigenvalue weighted by molar-refractivity contribution is 0.102. The van der Waals surface area contributed by atoms with Gasteiger partial charge in [0.05, 0.1) is 24.6 Å². The molecule has 26 heavy (non-hydrogen) atoms. The first-order valence-corrected chi connectivity index (χ1v) is 10.3. The molecular formula is C15H17N5O4S2. The van der Waals surface area contributed by atoms with Gasteiger partial charge in [0, 0.05) is 11.4 Å². The number of anilines is 2. The van der Waals surface area contributed by atoms with Crippen molar-refractivity contribution in [1.82, 2.24) is 14.8 Å². The van der Waals surface area contributed by atoms with E-state index >= 15 is 0 Å². The number of aromatic nitrogens is 3. The number of sulfonamides is 1. The Morgan fingerprint density at radius 3 is 2.69 bits per heavy atom. The summed E-state index contributed by atoms with van der Waals surface area (Å²) < 4.78 is 32.0. The zero-order valence-corrected chi connectivity index (χ0v) is 15.9. The smallest absolute Gasteiger partial charge is 0.259 e. The molecule has 0 saturated heterocycles. The molecule has 0 bridgehead atoms. The van der Waals surface area contributed by atoms with Gasteiger partial charge in [-0.25, -0.2) is 8.42 Å². The molecule has 3 heterocycles. The van der Waals surface area contributed by atoms with Gasteiger partial charge >= 0.3 is 0 Å². The minimum atomic E-state index is -3.45. The van der Waals surface area contributed by atoms with Crippen molar-refractivity contribution < 1.29 is 17.6 Å². The average Bonchev–Trinajstić information content (AvgIpc) is 3.24. The molecular weight excluding hydrogens is 378 g/mol. The van der Waals surface area contributed by atoms with Crippen LogP contribution in [0.2, 0.25) is 0 Å². The fraction of sp³-hybridized carbons (Fsp3) is 0.267. The first-order chi connectivity index (χ1) is 12.2. The molecule has 0 aliphatic heterocycles. The average molecular weight is 395 g/mol. The number of aryl methyl sites for hydroxylation is 1. The summed E-state index contributed by atoms with van der Waals surface area (Å²) in [7, 11) is -3.45. The van der Waals surface area contributed by atoms with E-state index in [-0.39, 0.29) is 16.2 Å². The van der Waals surface area contributed by atoms with E-state index < -0.39 is 10.0 Å². The molecule has 0 saturated carbocycles. The van der Waals surface area contributed by atoms with E-state index in [1.165, 1.54) is 0 Å². The van der Waals surface area contributed by atoms with Crippen molar-refractivity contribution in [2.75, 3.05) is 16.3 Å². The minimum absolute atomic E-state index is 0.0890. The van der Waals surface area contributed by atoms with Crippen molar-refractivity contribution in [3.05, 3.63) is 47.2 Å². The zero-order valence-electron chi connectivity index (χ0n) is 14.3. The maximum Gasteiger partial charge on any atom is 0.259 e. The van der Waals surface area contributed by atoms with E-state index in [0.717, 1.165) is 34.7 Å². The van der Waals surface area contributed by atoms with E-state index in [4.69, 9.17) is 4.42 Å². The van der Waals surface area contributed by atoms with Crippen LogP contribution in [0, 0.1) is 13.8 Å². The van der Waals surface area contributed by atoms with Crippen molar-refractivity contribution in [2.45, 2.75) is 20.4 Å². The lowest BCUT2D eigenvalue weighted by atomic mass is 10.2. The molecule has 0 spiro atoms. The molecule has 0 radical (unpaired) electrons. The second-order valence-electron chi connectivity index (χ2n) is 5.69. The molecule has 3 aromatic heterocycles. The predicted molar refractivity (Wildman–Crippen MR) is 98.0 cm³/mol. The largest absolute Gasteiger partial charge is 0.467 e. The van der Waals surface area contributed by atoms with Gasteiger partial charge in [-0.2, -0.15) is 0 Å². The summed E-state index contributed by atoms with van der Waals surface area (Å²) in [5.74, 6) is 0.449. The monoisotopic (exact) mass is 395 g/mol. The van der Waals surface area contributed by atoms with Crippen LogP contribution in [0.4, 0.5) is 10.3 Å². The van der Waals surface area contributed by atoms with E-state index in [1.54, 1.807) is 12.3 Å². The topological polar surface area (TPSA) is 119 Å². The summed E-state index contributed by atoms with van der Waals surface area (Å²) in [5.41, 5.74) is 2.21. The quantitative estimate of drug-likeness (QED) is 0.660. The van der Waals surface area contributed by atoms with Gasteiger partial charge in [-0.15, -0.1) is 10.2 Å². The molecule has 9 nitrogen and oxygen atoms in total. The van der Waals surface area contributed by atoms with Crippen LogP contribution in [0.5, 0.6) is 0 Å². The van der Waals surface area contributed by atoms with Crippen molar-refractivity contribution in [3.63, 3.8) is 0 Å². The van der Waals surface area contributed by atoms with Gasteiger partial charge in [0.1, 0.15) is 5.76 Å². The van der Waals surface area contributed by atoms with Crippen molar-refractivity contribution >= 4 is 37.5 Å². The molecule has 0 atom stereocenters. The SMILES string of the molecule is Cc1cc(C(=O)Nc2nnc(NS(C)(=O)=O)s2)c(C)n1Cc1ccco1. The van der Waals surface area contributed by atoms with Crippen LogP contribution in [0.15, 0.2) is 28.9 Å². The minimum Gasteiger partial charge on any atom is -0.467 e. The number of furan rings is 1. The zero-order chi connectivity index (χ0) is 18.9. The Balaban J connectivity index is 1.76. The van der Waals surface area contributed by atoms with Crippen LogP contribution >= 0.6 is 11.3 Å². The highest BCUT2D eigenvalue weighted by Crippen LogP contribution is 2.23. The molecule has 0 aliphatic rings. The second-order valence-corrected chi connectivity index (χ2v) is 8.42. The Kier molecular flexibility index (Phi) is 4.83.